The molecule has 0 bridgehead atoms. The third kappa shape index (κ3) is 16.8. The molecule has 0 aliphatic heterocycles. The first-order valence-electron chi connectivity index (χ1n) is 8.92. The maximum Gasteiger partial charge on any atom is 0.310 e. The lowest BCUT2D eigenvalue weighted by molar-refractivity contribution is -0.873. The zero-order valence-corrected chi connectivity index (χ0v) is 16.1. The molecule has 0 saturated carbocycles. The molecule has 0 heterocycles. The van der Waals surface area contributed by atoms with E-state index in [4.69, 9.17) is 4.74 Å². The fourth-order valence-corrected chi connectivity index (χ4v) is 2.23. The second kappa shape index (κ2) is 13.4. The van der Waals surface area contributed by atoms with Gasteiger partial charge in [0.15, 0.2) is 6.10 Å². The molecule has 0 aliphatic rings. The summed E-state index contributed by atoms with van der Waals surface area (Å²) in [6.07, 6.45) is 15.3. The largest absolute Gasteiger partial charge is 0.550 e. The Morgan fingerprint density at radius 2 is 1.68 bits per heavy atom. The summed E-state index contributed by atoms with van der Waals surface area (Å²) >= 11 is 0. The van der Waals surface area contributed by atoms with Gasteiger partial charge in [0, 0.05) is 12.4 Å². The fourth-order valence-electron chi connectivity index (χ4n) is 2.23. The molecule has 5 heteroatoms. The van der Waals surface area contributed by atoms with Crippen molar-refractivity contribution in [2.75, 3.05) is 27.7 Å². The van der Waals surface area contributed by atoms with Crippen LogP contribution < -0.4 is 5.11 Å². The summed E-state index contributed by atoms with van der Waals surface area (Å²) in [6.45, 7) is 2.61. The van der Waals surface area contributed by atoms with E-state index in [1.807, 2.05) is 39.4 Å². The number of carboxylic acids is 1. The molecule has 0 aliphatic carbocycles. The van der Waals surface area contributed by atoms with Gasteiger partial charge in [0.25, 0.3) is 0 Å². The van der Waals surface area contributed by atoms with Gasteiger partial charge in [0.2, 0.25) is 0 Å². The molecule has 0 N–H and O–H groups in total. The Bertz CT molecular complexity index is 473. The highest BCUT2D eigenvalue weighted by Gasteiger charge is 2.21. The average molecular weight is 351 g/mol. The maximum atomic E-state index is 11.8. The summed E-state index contributed by atoms with van der Waals surface area (Å²) in [4.78, 5) is 22.6. The van der Waals surface area contributed by atoms with Crippen LogP contribution in [0.1, 0.15) is 45.4 Å². The number of rotatable bonds is 13. The number of carbonyl (C=O) groups is 2. The third-order valence-corrected chi connectivity index (χ3v) is 3.31. The fraction of sp³-hybridized carbons (Fsp3) is 0.600. The average Bonchev–Trinajstić information content (AvgIpc) is 2.46. The molecule has 1 unspecified atom stereocenters. The lowest BCUT2D eigenvalue weighted by Gasteiger charge is -2.29. The molecule has 0 radical (unpaired) electrons. The molecular weight excluding hydrogens is 318 g/mol. The minimum atomic E-state index is -1.21. The number of hydrogen-bond acceptors (Lipinski definition) is 4. The Labute approximate surface area is 152 Å². The van der Waals surface area contributed by atoms with E-state index in [0.29, 0.717) is 11.0 Å². The van der Waals surface area contributed by atoms with Crippen LogP contribution in [0.25, 0.3) is 0 Å². The quantitative estimate of drug-likeness (QED) is 0.221. The van der Waals surface area contributed by atoms with E-state index in [1.165, 1.54) is 19.3 Å². The minimum Gasteiger partial charge on any atom is -0.550 e. The van der Waals surface area contributed by atoms with E-state index < -0.39 is 18.0 Å². The van der Waals surface area contributed by atoms with Gasteiger partial charge >= 0.3 is 5.97 Å². The number of carboxylic acid groups (broad SMARTS) is 1. The summed E-state index contributed by atoms with van der Waals surface area (Å²) in [7, 11) is 5.74. The van der Waals surface area contributed by atoms with Crippen molar-refractivity contribution < 1.29 is 23.9 Å². The molecule has 0 aromatic rings. The lowest BCUT2D eigenvalue weighted by atomic mass is 10.2. The highest BCUT2D eigenvalue weighted by atomic mass is 16.5. The van der Waals surface area contributed by atoms with Crippen molar-refractivity contribution in [2.24, 2.45) is 0 Å². The van der Waals surface area contributed by atoms with E-state index in [2.05, 4.69) is 13.0 Å². The summed E-state index contributed by atoms with van der Waals surface area (Å²) in [5.41, 5.74) is 0. The van der Waals surface area contributed by atoms with Crippen molar-refractivity contribution in [2.45, 2.75) is 51.6 Å². The van der Waals surface area contributed by atoms with E-state index in [9.17, 15) is 14.7 Å². The van der Waals surface area contributed by atoms with Crippen LogP contribution in [0.4, 0.5) is 0 Å². The summed E-state index contributed by atoms with van der Waals surface area (Å²) in [6, 6.07) is 0. The minimum absolute atomic E-state index is 0.116. The normalized spacial score (nSPS) is 13.8. The zero-order valence-electron chi connectivity index (χ0n) is 16.1. The van der Waals surface area contributed by atoms with Gasteiger partial charge in [-0.15, -0.1) is 0 Å². The number of allylic oxidation sites excluding steroid dienone is 5. The van der Waals surface area contributed by atoms with Gasteiger partial charge in [-0.05, 0) is 12.8 Å². The molecule has 5 nitrogen and oxygen atoms in total. The second-order valence-corrected chi connectivity index (χ2v) is 7.10. The van der Waals surface area contributed by atoms with Crippen LogP contribution in [0.15, 0.2) is 36.5 Å². The highest BCUT2D eigenvalue weighted by Crippen LogP contribution is 2.06. The van der Waals surface area contributed by atoms with Crippen LogP contribution in [0.5, 0.6) is 0 Å². The molecule has 142 valence electrons. The van der Waals surface area contributed by atoms with Gasteiger partial charge < -0.3 is 19.1 Å². The maximum absolute atomic E-state index is 11.8. The van der Waals surface area contributed by atoms with E-state index >= 15 is 0 Å². The summed E-state index contributed by atoms with van der Waals surface area (Å²) < 4.78 is 5.76. The van der Waals surface area contributed by atoms with Crippen molar-refractivity contribution >= 4 is 11.9 Å². The molecule has 0 spiro atoms. The first-order chi connectivity index (χ1) is 11.7. The number of aliphatic carboxylic acids is 1. The van der Waals surface area contributed by atoms with Crippen LogP contribution in [-0.2, 0) is 14.3 Å². The smallest absolute Gasteiger partial charge is 0.310 e. The Kier molecular flexibility index (Phi) is 12.4. The molecule has 0 fully saturated rings. The molecular formula is C20H33NO4. The first kappa shape index (κ1) is 23.1. The van der Waals surface area contributed by atoms with Crippen LogP contribution in [-0.4, -0.2) is 50.2 Å². The van der Waals surface area contributed by atoms with Crippen molar-refractivity contribution in [1.29, 1.82) is 0 Å². The molecule has 25 heavy (non-hydrogen) atoms. The number of ether oxygens (including phenoxy) is 1. The van der Waals surface area contributed by atoms with Gasteiger partial charge in [-0.3, -0.25) is 4.79 Å². The number of hydrogen-bond donors (Lipinski definition) is 0. The topological polar surface area (TPSA) is 66.4 Å². The Hall–Kier alpha value is -1.88. The van der Waals surface area contributed by atoms with Crippen molar-refractivity contribution in [3.63, 3.8) is 0 Å². The first-order valence-corrected chi connectivity index (χ1v) is 8.92. The van der Waals surface area contributed by atoms with Crippen molar-refractivity contribution in [3.05, 3.63) is 36.5 Å². The number of likely N-dealkylation sites (N-methyl/N-ethyl adjacent to an activating group) is 1. The van der Waals surface area contributed by atoms with E-state index in [1.54, 1.807) is 12.2 Å². The van der Waals surface area contributed by atoms with Crippen molar-refractivity contribution in [1.82, 2.24) is 0 Å². The predicted molar refractivity (Wildman–Crippen MR) is 98.6 cm³/mol. The highest BCUT2D eigenvalue weighted by molar-refractivity contribution is 5.72. The molecule has 0 aromatic heterocycles. The number of nitrogens with zero attached hydrogens (tertiary/aromatic N) is 1. The Morgan fingerprint density at radius 3 is 2.24 bits per heavy atom. The standard InChI is InChI=1S/C20H33NO4/c1-5-6-7-8-9-10-11-12-13-14-15-20(24)25-18(16-19(22)23)17-21(2,3)4/h9-14,18H,5-8,15-17H2,1-4H3/b10-9+,12-11+,14-13+. The van der Waals surface area contributed by atoms with E-state index in [0.717, 1.165) is 6.42 Å². The summed E-state index contributed by atoms with van der Waals surface area (Å²) in [5, 5.41) is 10.8. The summed E-state index contributed by atoms with van der Waals surface area (Å²) in [5.74, 6) is -1.64. The number of quaternary nitrogens is 1. The lowest BCUT2D eigenvalue weighted by Crippen LogP contribution is -2.45. The van der Waals surface area contributed by atoms with Gasteiger partial charge in [0.1, 0.15) is 6.54 Å². The monoisotopic (exact) mass is 351 g/mol. The Balaban J connectivity index is 4.18. The number of carbonyl (C=O) groups excluding carboxylic acids is 2. The van der Waals surface area contributed by atoms with Gasteiger partial charge in [-0.25, -0.2) is 0 Å². The molecule has 1 atom stereocenters. The van der Waals surface area contributed by atoms with Crippen LogP contribution in [0, 0.1) is 0 Å². The second-order valence-electron chi connectivity index (χ2n) is 7.10. The SMILES string of the molecule is CCCCC/C=C/C=C/C=C/CC(=O)OC(CC(=O)[O-])C[N+](C)(C)C. The van der Waals surface area contributed by atoms with Gasteiger partial charge in [-0.1, -0.05) is 56.2 Å². The molecule has 0 aromatic carbocycles. The van der Waals surface area contributed by atoms with Crippen LogP contribution in [0.2, 0.25) is 0 Å². The molecule has 0 saturated heterocycles. The van der Waals surface area contributed by atoms with Gasteiger partial charge in [0.05, 0.1) is 27.6 Å². The zero-order chi connectivity index (χ0) is 19.1. The van der Waals surface area contributed by atoms with Gasteiger partial charge in [-0.2, -0.15) is 0 Å². The molecule has 0 rings (SSSR count). The van der Waals surface area contributed by atoms with E-state index in [-0.39, 0.29) is 12.8 Å². The van der Waals surface area contributed by atoms with Crippen LogP contribution in [0.3, 0.4) is 0 Å². The Morgan fingerprint density at radius 1 is 1.04 bits per heavy atom. The number of unbranched alkanes of at least 4 members (excludes halogenated alkanes) is 3. The number of esters is 1. The predicted octanol–water partition coefficient (Wildman–Crippen LogP) is 2.38. The van der Waals surface area contributed by atoms with Crippen molar-refractivity contribution in [3.8, 4) is 0 Å². The van der Waals surface area contributed by atoms with Crippen LogP contribution >= 0.6 is 0 Å². The molecule has 0 amide bonds. The third-order valence-electron chi connectivity index (χ3n) is 3.31.